The van der Waals surface area contributed by atoms with Gasteiger partial charge in [-0.1, -0.05) is 29.8 Å². The predicted octanol–water partition coefficient (Wildman–Crippen LogP) is 2.59. The summed E-state index contributed by atoms with van der Waals surface area (Å²) in [6.07, 6.45) is 0. The van der Waals surface area contributed by atoms with Crippen LogP contribution in [0.15, 0.2) is 22.7 Å². The first kappa shape index (κ1) is 17.3. The van der Waals surface area contributed by atoms with Crippen molar-refractivity contribution in [1.29, 1.82) is 0 Å². The smallest absolute Gasteiger partial charge is 0.236 e. The second kappa shape index (κ2) is 7.28. The first-order chi connectivity index (χ1) is 9.24. The summed E-state index contributed by atoms with van der Waals surface area (Å²) in [6.45, 7) is 6.03. The average molecular weight is 365 g/mol. The summed E-state index contributed by atoms with van der Waals surface area (Å²) in [4.78, 5) is 0. The number of hydrogen-bond acceptors (Lipinski definition) is 4. The number of hydrogen-bond donors (Lipinski definition) is 2. The van der Waals surface area contributed by atoms with Gasteiger partial charge in [0.2, 0.25) is 10.0 Å². The summed E-state index contributed by atoms with van der Waals surface area (Å²) in [5, 5.41) is 2.59. The Morgan fingerprint density at radius 1 is 1.25 bits per heavy atom. The number of anilines is 1. The second-order valence-electron chi connectivity index (χ2n) is 4.90. The second-order valence-corrected chi connectivity index (χ2v) is 7.91. The molecule has 0 aliphatic rings. The Bertz CT molecular complexity index is 547. The van der Waals surface area contributed by atoms with Crippen molar-refractivity contribution in [3.8, 4) is 5.75 Å². The van der Waals surface area contributed by atoms with E-state index in [1.54, 1.807) is 25.1 Å². The molecular weight excluding hydrogens is 344 g/mol. The number of rotatable bonds is 7. The number of nitrogens with one attached hydrogen (secondary N) is 2. The van der Waals surface area contributed by atoms with E-state index in [4.69, 9.17) is 4.74 Å². The van der Waals surface area contributed by atoms with E-state index in [2.05, 4.69) is 26.0 Å². The first-order valence-corrected chi connectivity index (χ1v) is 8.68. The quantitative estimate of drug-likeness (QED) is 0.780. The highest BCUT2D eigenvalue weighted by atomic mass is 79.9. The van der Waals surface area contributed by atoms with E-state index in [0.29, 0.717) is 18.0 Å². The molecule has 0 amide bonds. The van der Waals surface area contributed by atoms with E-state index in [0.717, 1.165) is 4.47 Å². The molecule has 0 aliphatic heterocycles. The van der Waals surface area contributed by atoms with Crippen molar-refractivity contribution in [3.63, 3.8) is 0 Å². The number of methoxy groups -OCH3 is 1. The molecular formula is C13H21BrN2O3S. The number of halogens is 1. The molecule has 1 aromatic carbocycles. The zero-order valence-electron chi connectivity index (χ0n) is 12.1. The maximum Gasteiger partial charge on any atom is 0.236 e. The van der Waals surface area contributed by atoms with Gasteiger partial charge in [-0.15, -0.1) is 0 Å². The van der Waals surface area contributed by atoms with Crippen LogP contribution in [0.5, 0.6) is 5.75 Å². The molecule has 1 rings (SSSR count). The topological polar surface area (TPSA) is 67.4 Å². The summed E-state index contributed by atoms with van der Waals surface area (Å²) in [5.74, 6) is 0.588. The fourth-order valence-corrected chi connectivity index (χ4v) is 2.95. The van der Waals surface area contributed by atoms with Gasteiger partial charge < -0.3 is 10.1 Å². The highest BCUT2D eigenvalue weighted by Crippen LogP contribution is 2.25. The molecule has 0 fully saturated rings. The molecule has 0 saturated heterocycles. The Kier molecular flexibility index (Phi) is 6.29. The third-order valence-electron chi connectivity index (χ3n) is 2.71. The van der Waals surface area contributed by atoms with Crippen molar-refractivity contribution < 1.29 is 13.2 Å². The lowest BCUT2D eigenvalue weighted by molar-refractivity contribution is 0.415. The summed E-state index contributed by atoms with van der Waals surface area (Å²) in [6, 6.07) is 5.35. The molecule has 0 bridgehead atoms. The van der Waals surface area contributed by atoms with Crippen LogP contribution >= 0.6 is 15.9 Å². The van der Waals surface area contributed by atoms with E-state index in [9.17, 15) is 8.42 Å². The monoisotopic (exact) mass is 364 g/mol. The molecule has 0 spiro atoms. The van der Waals surface area contributed by atoms with Crippen molar-refractivity contribution in [2.45, 2.75) is 32.1 Å². The SMILES string of the molecule is COc1cc(Br)cc(NS(=O)(=O)C(C)CNC(C)C)c1. The Labute approximate surface area is 129 Å². The minimum Gasteiger partial charge on any atom is -0.497 e. The largest absolute Gasteiger partial charge is 0.497 e. The minimum absolute atomic E-state index is 0.249. The number of benzene rings is 1. The molecule has 1 atom stereocenters. The molecule has 114 valence electrons. The highest BCUT2D eigenvalue weighted by molar-refractivity contribution is 9.10. The van der Waals surface area contributed by atoms with Crippen LogP contribution in [-0.4, -0.2) is 33.4 Å². The van der Waals surface area contributed by atoms with Gasteiger partial charge in [0.25, 0.3) is 0 Å². The van der Waals surface area contributed by atoms with Gasteiger partial charge in [0.15, 0.2) is 0 Å². The fraction of sp³-hybridized carbons (Fsp3) is 0.538. The van der Waals surface area contributed by atoms with Crippen molar-refractivity contribution in [2.24, 2.45) is 0 Å². The summed E-state index contributed by atoms with van der Waals surface area (Å²) < 4.78 is 32.9. The molecule has 1 aromatic rings. The highest BCUT2D eigenvalue weighted by Gasteiger charge is 2.21. The Hall–Kier alpha value is -0.790. The van der Waals surface area contributed by atoms with Gasteiger partial charge in [-0.05, 0) is 19.1 Å². The van der Waals surface area contributed by atoms with Crippen molar-refractivity contribution in [2.75, 3.05) is 18.4 Å². The molecule has 0 heterocycles. The lowest BCUT2D eigenvalue weighted by atomic mass is 10.3. The van der Waals surface area contributed by atoms with E-state index in [-0.39, 0.29) is 6.04 Å². The van der Waals surface area contributed by atoms with Crippen LogP contribution in [0, 0.1) is 0 Å². The lowest BCUT2D eigenvalue weighted by Crippen LogP contribution is -2.37. The molecule has 0 radical (unpaired) electrons. The third-order valence-corrected chi connectivity index (χ3v) is 4.91. The van der Waals surface area contributed by atoms with Crippen LogP contribution in [0.3, 0.4) is 0 Å². The van der Waals surface area contributed by atoms with Gasteiger partial charge in [0.1, 0.15) is 5.75 Å². The van der Waals surface area contributed by atoms with Crippen LogP contribution < -0.4 is 14.8 Å². The predicted molar refractivity (Wildman–Crippen MR) is 85.8 cm³/mol. The maximum absolute atomic E-state index is 12.2. The number of ether oxygens (including phenoxy) is 1. The summed E-state index contributed by atoms with van der Waals surface area (Å²) in [5.41, 5.74) is 0.479. The molecule has 0 aliphatic carbocycles. The van der Waals surface area contributed by atoms with E-state index in [1.807, 2.05) is 13.8 Å². The van der Waals surface area contributed by atoms with Gasteiger partial charge >= 0.3 is 0 Å². The minimum atomic E-state index is -3.44. The zero-order valence-corrected chi connectivity index (χ0v) is 14.5. The van der Waals surface area contributed by atoms with Gasteiger partial charge in [0.05, 0.1) is 18.0 Å². The maximum atomic E-state index is 12.2. The lowest BCUT2D eigenvalue weighted by Gasteiger charge is -2.17. The fourth-order valence-electron chi connectivity index (χ4n) is 1.52. The van der Waals surface area contributed by atoms with Crippen LogP contribution in [0.4, 0.5) is 5.69 Å². The summed E-state index contributed by atoms with van der Waals surface area (Å²) in [7, 11) is -1.90. The van der Waals surface area contributed by atoms with Crippen LogP contribution in [0.1, 0.15) is 20.8 Å². The first-order valence-electron chi connectivity index (χ1n) is 6.34. The van der Waals surface area contributed by atoms with Crippen LogP contribution in [0.25, 0.3) is 0 Å². The summed E-state index contributed by atoms with van der Waals surface area (Å²) >= 11 is 3.32. The van der Waals surface area contributed by atoms with Crippen molar-refractivity contribution in [3.05, 3.63) is 22.7 Å². The van der Waals surface area contributed by atoms with Crippen molar-refractivity contribution in [1.82, 2.24) is 5.32 Å². The normalized spacial score (nSPS) is 13.3. The van der Waals surface area contributed by atoms with Gasteiger partial charge in [-0.25, -0.2) is 8.42 Å². The van der Waals surface area contributed by atoms with Gasteiger partial charge in [-0.3, -0.25) is 4.72 Å². The van der Waals surface area contributed by atoms with E-state index >= 15 is 0 Å². The molecule has 0 aromatic heterocycles. The van der Waals surface area contributed by atoms with E-state index < -0.39 is 15.3 Å². The van der Waals surface area contributed by atoms with Crippen LogP contribution in [0.2, 0.25) is 0 Å². The standard InChI is InChI=1S/C13H21BrN2O3S/c1-9(2)15-8-10(3)20(17,18)16-12-5-11(14)6-13(7-12)19-4/h5-7,9-10,15-16H,8H2,1-4H3. The average Bonchev–Trinajstić information content (AvgIpc) is 2.34. The number of sulfonamides is 1. The Morgan fingerprint density at radius 2 is 1.90 bits per heavy atom. The van der Waals surface area contributed by atoms with Crippen LogP contribution in [-0.2, 0) is 10.0 Å². The van der Waals surface area contributed by atoms with Crippen molar-refractivity contribution >= 4 is 31.6 Å². The zero-order chi connectivity index (χ0) is 15.3. The Morgan fingerprint density at radius 3 is 2.45 bits per heavy atom. The molecule has 2 N–H and O–H groups in total. The van der Waals surface area contributed by atoms with E-state index in [1.165, 1.54) is 7.11 Å². The molecule has 1 unspecified atom stereocenters. The third kappa shape index (κ3) is 5.30. The molecule has 5 nitrogen and oxygen atoms in total. The molecule has 20 heavy (non-hydrogen) atoms. The molecule has 0 saturated carbocycles. The molecule has 7 heteroatoms. The Balaban J connectivity index is 2.82. The van der Waals surface area contributed by atoms with Gasteiger partial charge in [-0.2, -0.15) is 0 Å². The van der Waals surface area contributed by atoms with Gasteiger partial charge in [0, 0.05) is 23.1 Å².